The Bertz CT molecular complexity index is 1130. The minimum absolute atomic E-state index is 0.177. The second-order valence-corrected chi connectivity index (χ2v) is 6.87. The van der Waals surface area contributed by atoms with Crippen molar-refractivity contribution in [2.45, 2.75) is 26.9 Å². The molecule has 3 aromatic rings. The molecule has 0 fully saturated rings. The number of nitrogens with one attached hydrogen (secondary N) is 1. The predicted octanol–water partition coefficient (Wildman–Crippen LogP) is 3.09. The first-order chi connectivity index (χ1) is 14.2. The first-order valence-corrected chi connectivity index (χ1v) is 9.11. The van der Waals surface area contributed by atoms with E-state index >= 15 is 0 Å². The molecule has 0 aliphatic carbocycles. The third kappa shape index (κ3) is 4.40. The summed E-state index contributed by atoms with van der Waals surface area (Å²) in [5.74, 6) is -1.05. The van der Waals surface area contributed by atoms with Gasteiger partial charge in [-0.15, -0.1) is 5.10 Å². The highest BCUT2D eigenvalue weighted by Crippen LogP contribution is 2.25. The Morgan fingerprint density at radius 1 is 1.37 bits per heavy atom. The Hall–Kier alpha value is -3.47. The van der Waals surface area contributed by atoms with Gasteiger partial charge in [-0.25, -0.2) is 4.39 Å². The molecule has 0 saturated heterocycles. The van der Waals surface area contributed by atoms with Gasteiger partial charge in [0.1, 0.15) is 18.6 Å². The van der Waals surface area contributed by atoms with E-state index in [4.69, 9.17) is 16.3 Å². The molecule has 1 aromatic carbocycles. The number of carbonyl (C=O) groups is 1. The molecule has 3 rings (SSSR count). The van der Waals surface area contributed by atoms with Crippen molar-refractivity contribution in [3.63, 3.8) is 0 Å². The molecule has 0 saturated carbocycles. The summed E-state index contributed by atoms with van der Waals surface area (Å²) in [6.07, 6.45) is 1.12. The van der Waals surface area contributed by atoms with Crippen LogP contribution in [0.3, 0.4) is 0 Å². The van der Waals surface area contributed by atoms with E-state index in [0.717, 1.165) is 10.9 Å². The number of benzene rings is 1. The zero-order valence-corrected chi connectivity index (χ0v) is 17.1. The van der Waals surface area contributed by atoms with Crippen molar-refractivity contribution in [2.75, 3.05) is 12.4 Å². The van der Waals surface area contributed by atoms with Crippen LogP contribution in [0, 0.1) is 29.8 Å². The zero-order chi connectivity index (χ0) is 22.0. The molecular weight excluding hydrogens is 419 g/mol. The van der Waals surface area contributed by atoms with E-state index < -0.39 is 16.6 Å². The van der Waals surface area contributed by atoms with Crippen LogP contribution >= 0.6 is 11.6 Å². The van der Waals surface area contributed by atoms with E-state index in [1.165, 1.54) is 19.2 Å². The van der Waals surface area contributed by atoms with Crippen LogP contribution in [-0.4, -0.2) is 37.5 Å². The molecule has 12 heteroatoms. The van der Waals surface area contributed by atoms with E-state index in [0.29, 0.717) is 29.2 Å². The number of methoxy groups -OCH3 is 1. The molecule has 10 nitrogen and oxygen atoms in total. The Morgan fingerprint density at radius 2 is 2.10 bits per heavy atom. The Kier molecular flexibility index (Phi) is 6.01. The maximum absolute atomic E-state index is 13.2. The largest absolute Gasteiger partial charge is 0.475 e. The van der Waals surface area contributed by atoms with Crippen molar-refractivity contribution in [2.24, 2.45) is 0 Å². The summed E-state index contributed by atoms with van der Waals surface area (Å²) in [5, 5.41) is 22.3. The van der Waals surface area contributed by atoms with Crippen LogP contribution in [0.1, 0.15) is 17.0 Å². The van der Waals surface area contributed by atoms with Crippen molar-refractivity contribution in [3.8, 4) is 5.88 Å². The van der Waals surface area contributed by atoms with Crippen molar-refractivity contribution in [1.82, 2.24) is 19.6 Å². The number of ether oxygens (including phenoxy) is 1. The van der Waals surface area contributed by atoms with Gasteiger partial charge in [0, 0.05) is 5.02 Å². The van der Waals surface area contributed by atoms with E-state index in [1.807, 2.05) is 0 Å². The smallest absolute Gasteiger partial charge is 0.350 e. The molecule has 1 amide bonds. The van der Waals surface area contributed by atoms with Gasteiger partial charge in [-0.3, -0.25) is 24.3 Å². The fourth-order valence-corrected chi connectivity index (χ4v) is 3.14. The highest BCUT2D eigenvalue weighted by Gasteiger charge is 2.22. The Morgan fingerprint density at radius 3 is 2.70 bits per heavy atom. The second kappa shape index (κ2) is 8.49. The number of anilines is 1. The molecule has 0 aliphatic rings. The first kappa shape index (κ1) is 21.2. The van der Waals surface area contributed by atoms with Gasteiger partial charge in [0.05, 0.1) is 35.7 Å². The molecule has 0 atom stereocenters. The van der Waals surface area contributed by atoms with E-state index in [1.54, 1.807) is 24.6 Å². The maximum Gasteiger partial charge on any atom is 0.350 e. The predicted molar refractivity (Wildman–Crippen MR) is 106 cm³/mol. The van der Waals surface area contributed by atoms with E-state index in [-0.39, 0.29) is 23.1 Å². The van der Waals surface area contributed by atoms with Crippen molar-refractivity contribution < 1.29 is 18.8 Å². The molecule has 0 bridgehead atoms. The number of nitro groups is 1. The third-order valence-electron chi connectivity index (χ3n) is 4.39. The fourth-order valence-electron chi connectivity index (χ4n) is 2.91. The molecule has 2 heterocycles. The van der Waals surface area contributed by atoms with Gasteiger partial charge < -0.3 is 10.1 Å². The minimum atomic E-state index is -0.640. The summed E-state index contributed by atoms with van der Waals surface area (Å²) in [5.41, 5.74) is 2.10. The summed E-state index contributed by atoms with van der Waals surface area (Å²) in [4.78, 5) is 22.8. The average Bonchev–Trinajstić information content (AvgIpc) is 3.20. The van der Waals surface area contributed by atoms with Gasteiger partial charge in [0.15, 0.2) is 0 Å². The SMILES string of the molecule is COc1nn(CC(=O)Nc2c(C)nn(Cc3ccc(F)cc3Cl)c2C)cc1[N+](=O)[O-]. The molecule has 0 spiro atoms. The summed E-state index contributed by atoms with van der Waals surface area (Å²) < 4.78 is 20.9. The summed E-state index contributed by atoms with van der Waals surface area (Å²) >= 11 is 6.08. The van der Waals surface area contributed by atoms with Gasteiger partial charge in [0.2, 0.25) is 5.91 Å². The molecular formula is C18H18ClFN6O4. The lowest BCUT2D eigenvalue weighted by Gasteiger charge is -2.08. The van der Waals surface area contributed by atoms with Crippen LogP contribution in [0.15, 0.2) is 24.4 Å². The van der Waals surface area contributed by atoms with Gasteiger partial charge in [0.25, 0.3) is 0 Å². The van der Waals surface area contributed by atoms with Gasteiger partial charge >= 0.3 is 11.6 Å². The third-order valence-corrected chi connectivity index (χ3v) is 4.74. The van der Waals surface area contributed by atoms with Gasteiger partial charge in [-0.2, -0.15) is 5.10 Å². The number of aryl methyl sites for hydroxylation is 1. The Balaban J connectivity index is 1.75. The highest BCUT2D eigenvalue weighted by atomic mass is 35.5. The molecule has 0 radical (unpaired) electrons. The van der Waals surface area contributed by atoms with E-state index in [2.05, 4.69) is 15.5 Å². The molecule has 0 aliphatic heterocycles. The number of hydrogen-bond donors (Lipinski definition) is 1. The Labute approximate surface area is 175 Å². The first-order valence-electron chi connectivity index (χ1n) is 8.73. The van der Waals surface area contributed by atoms with Crippen molar-refractivity contribution >= 4 is 28.9 Å². The topological polar surface area (TPSA) is 117 Å². The molecule has 158 valence electrons. The number of amides is 1. The number of hydrogen-bond acceptors (Lipinski definition) is 6. The van der Waals surface area contributed by atoms with Crippen LogP contribution in [0.5, 0.6) is 5.88 Å². The summed E-state index contributed by atoms with van der Waals surface area (Å²) in [6, 6.07) is 4.11. The normalized spacial score (nSPS) is 10.8. The van der Waals surface area contributed by atoms with Gasteiger partial charge in [-0.05, 0) is 31.5 Å². The van der Waals surface area contributed by atoms with Crippen LogP contribution in [0.4, 0.5) is 15.8 Å². The standard InChI is InChI=1S/C18H18ClFN6O4/c1-10-17(11(2)25(22-10)7-12-4-5-13(20)6-14(12)19)21-16(27)9-24-8-15(26(28)29)18(23-24)30-3/h4-6,8H,7,9H2,1-3H3,(H,21,27). The lowest BCUT2D eigenvalue weighted by atomic mass is 10.2. The molecule has 30 heavy (non-hydrogen) atoms. The fraction of sp³-hybridized carbons (Fsp3) is 0.278. The van der Waals surface area contributed by atoms with Crippen molar-refractivity contribution in [1.29, 1.82) is 0 Å². The minimum Gasteiger partial charge on any atom is -0.475 e. The lowest BCUT2D eigenvalue weighted by molar-refractivity contribution is -0.385. The van der Waals surface area contributed by atoms with Crippen LogP contribution in [0.25, 0.3) is 0 Å². The second-order valence-electron chi connectivity index (χ2n) is 6.47. The molecule has 0 unspecified atom stereocenters. The number of halogens is 2. The van der Waals surface area contributed by atoms with Crippen LogP contribution in [0.2, 0.25) is 5.02 Å². The van der Waals surface area contributed by atoms with Crippen LogP contribution in [-0.2, 0) is 17.9 Å². The number of rotatable bonds is 7. The number of carbonyl (C=O) groups excluding carboxylic acids is 1. The number of aromatic nitrogens is 4. The monoisotopic (exact) mass is 436 g/mol. The lowest BCUT2D eigenvalue weighted by Crippen LogP contribution is -2.20. The molecule has 2 aromatic heterocycles. The quantitative estimate of drug-likeness (QED) is 0.449. The molecule has 1 N–H and O–H groups in total. The van der Waals surface area contributed by atoms with E-state index in [9.17, 15) is 19.3 Å². The highest BCUT2D eigenvalue weighted by molar-refractivity contribution is 6.31. The summed E-state index contributed by atoms with van der Waals surface area (Å²) in [7, 11) is 1.26. The number of nitrogens with zero attached hydrogens (tertiary/aromatic N) is 5. The zero-order valence-electron chi connectivity index (χ0n) is 16.3. The summed E-state index contributed by atoms with van der Waals surface area (Å²) in [6.45, 7) is 3.55. The maximum atomic E-state index is 13.2. The van der Waals surface area contributed by atoms with Crippen molar-refractivity contribution in [3.05, 3.63) is 62.3 Å². The average molecular weight is 437 g/mol. The van der Waals surface area contributed by atoms with Crippen LogP contribution < -0.4 is 10.1 Å². The van der Waals surface area contributed by atoms with Gasteiger partial charge in [-0.1, -0.05) is 17.7 Å².